The van der Waals surface area contributed by atoms with Crippen molar-refractivity contribution in [2.24, 2.45) is 11.1 Å². The molecule has 1 aliphatic carbocycles. The number of rotatable bonds is 7. The van der Waals surface area contributed by atoms with Crippen molar-refractivity contribution in [2.75, 3.05) is 13.1 Å². The molecule has 0 unspecified atom stereocenters. The largest absolute Gasteiger partial charge is 0.367 e. The summed E-state index contributed by atoms with van der Waals surface area (Å²) in [7, 11) is 0. The van der Waals surface area contributed by atoms with Crippen molar-refractivity contribution >= 4 is 5.91 Å². The molecule has 1 saturated carbocycles. The highest BCUT2D eigenvalue weighted by Crippen LogP contribution is 2.43. The molecule has 17 heavy (non-hydrogen) atoms. The second kappa shape index (κ2) is 5.36. The number of hydrogen-bond acceptors (Lipinski definition) is 2. The van der Waals surface area contributed by atoms with Crippen molar-refractivity contribution in [3.63, 3.8) is 0 Å². The lowest BCUT2D eigenvalue weighted by Gasteiger charge is -2.13. The minimum atomic E-state index is 0.153. The number of carbonyl (C=O) groups excluding carboxylic acids is 1. The second-order valence-corrected chi connectivity index (χ2v) is 5.05. The first-order chi connectivity index (χ1) is 8.24. The topological polar surface area (TPSA) is 70.9 Å². The summed E-state index contributed by atoms with van der Waals surface area (Å²) in [5.74, 6) is 0.153. The highest BCUT2D eigenvalue weighted by atomic mass is 16.1. The maximum absolute atomic E-state index is 11.6. The van der Waals surface area contributed by atoms with Gasteiger partial charge in [-0.15, -0.1) is 0 Å². The Balaban J connectivity index is 1.58. The van der Waals surface area contributed by atoms with Crippen molar-refractivity contribution < 1.29 is 4.79 Å². The van der Waals surface area contributed by atoms with Crippen LogP contribution in [0.25, 0.3) is 0 Å². The van der Waals surface area contributed by atoms with Gasteiger partial charge < -0.3 is 16.0 Å². The minimum Gasteiger partial charge on any atom is -0.367 e. The average molecular weight is 235 g/mol. The van der Waals surface area contributed by atoms with Crippen molar-refractivity contribution in [1.82, 2.24) is 10.3 Å². The Bertz CT molecular complexity index is 355. The molecule has 1 aromatic rings. The van der Waals surface area contributed by atoms with E-state index in [0.29, 0.717) is 13.0 Å². The molecule has 1 fully saturated rings. The number of H-pyrrole nitrogens is 1. The van der Waals surface area contributed by atoms with Gasteiger partial charge in [-0.05, 0) is 49.3 Å². The van der Waals surface area contributed by atoms with Crippen molar-refractivity contribution in [3.8, 4) is 0 Å². The molecule has 0 bridgehead atoms. The molecular formula is C13H21N3O. The fourth-order valence-electron chi connectivity index (χ4n) is 1.97. The van der Waals surface area contributed by atoms with Crippen LogP contribution >= 0.6 is 0 Å². The van der Waals surface area contributed by atoms with Crippen LogP contribution in [0, 0.1) is 5.41 Å². The number of aromatic nitrogens is 1. The summed E-state index contributed by atoms with van der Waals surface area (Å²) in [5, 5.41) is 2.99. The third-order valence-electron chi connectivity index (χ3n) is 3.58. The number of aromatic amines is 1. The predicted molar refractivity (Wildman–Crippen MR) is 67.5 cm³/mol. The van der Waals surface area contributed by atoms with Gasteiger partial charge in [0, 0.05) is 25.4 Å². The average Bonchev–Trinajstić information content (AvgIpc) is 2.95. The Labute approximate surface area is 102 Å². The van der Waals surface area contributed by atoms with Crippen LogP contribution in [-0.2, 0) is 11.2 Å². The Kier molecular flexibility index (Phi) is 3.84. The van der Waals surface area contributed by atoms with E-state index in [1.807, 2.05) is 18.5 Å². The second-order valence-electron chi connectivity index (χ2n) is 5.05. The first kappa shape index (κ1) is 12.2. The smallest absolute Gasteiger partial charge is 0.220 e. The number of hydrogen-bond donors (Lipinski definition) is 3. The molecule has 2 rings (SSSR count). The zero-order valence-corrected chi connectivity index (χ0v) is 10.2. The molecule has 1 heterocycles. The summed E-state index contributed by atoms with van der Waals surface area (Å²) >= 11 is 0. The van der Waals surface area contributed by atoms with Gasteiger partial charge in [0.15, 0.2) is 0 Å². The molecule has 4 N–H and O–H groups in total. The maximum atomic E-state index is 11.6. The predicted octanol–water partition coefficient (Wildman–Crippen LogP) is 1.19. The van der Waals surface area contributed by atoms with Gasteiger partial charge >= 0.3 is 0 Å². The zero-order chi connectivity index (χ0) is 12.1. The minimum absolute atomic E-state index is 0.153. The third-order valence-corrected chi connectivity index (χ3v) is 3.58. The van der Waals surface area contributed by atoms with E-state index in [4.69, 9.17) is 5.73 Å². The Hall–Kier alpha value is -1.29. The summed E-state index contributed by atoms with van der Waals surface area (Å²) in [6, 6.07) is 2.05. The van der Waals surface area contributed by atoms with Gasteiger partial charge in [-0.25, -0.2) is 0 Å². The molecule has 0 spiro atoms. The first-order valence-corrected chi connectivity index (χ1v) is 6.33. The van der Waals surface area contributed by atoms with E-state index in [2.05, 4.69) is 10.3 Å². The number of nitrogens with one attached hydrogen (secondary N) is 2. The van der Waals surface area contributed by atoms with Crippen LogP contribution in [0.4, 0.5) is 0 Å². The summed E-state index contributed by atoms with van der Waals surface area (Å²) in [6.07, 6.45) is 8.67. The van der Waals surface area contributed by atoms with E-state index in [9.17, 15) is 4.79 Å². The first-order valence-electron chi connectivity index (χ1n) is 6.33. The Morgan fingerprint density at radius 3 is 2.94 bits per heavy atom. The van der Waals surface area contributed by atoms with Gasteiger partial charge in [0.05, 0.1) is 0 Å². The highest BCUT2D eigenvalue weighted by molar-refractivity contribution is 5.75. The van der Waals surface area contributed by atoms with E-state index >= 15 is 0 Å². The molecule has 1 aliphatic rings. The van der Waals surface area contributed by atoms with Gasteiger partial charge in [0.2, 0.25) is 5.91 Å². The molecule has 4 nitrogen and oxygen atoms in total. The van der Waals surface area contributed by atoms with Crippen LogP contribution in [0.1, 0.15) is 31.2 Å². The quantitative estimate of drug-likeness (QED) is 0.664. The molecule has 1 amide bonds. The standard InChI is InChI=1S/C13H21N3O/c14-9-13(5-6-13)10-16-12(17)3-1-2-11-4-7-15-8-11/h4,7-8,15H,1-3,5-6,9-10,14H2,(H,16,17). The molecule has 0 aliphatic heterocycles. The summed E-state index contributed by atoms with van der Waals surface area (Å²) in [6.45, 7) is 1.45. The van der Waals surface area contributed by atoms with Gasteiger partial charge in [-0.1, -0.05) is 0 Å². The molecule has 1 aromatic heterocycles. The lowest BCUT2D eigenvalue weighted by molar-refractivity contribution is -0.121. The van der Waals surface area contributed by atoms with Crippen molar-refractivity contribution in [3.05, 3.63) is 24.0 Å². The fourth-order valence-corrected chi connectivity index (χ4v) is 1.97. The van der Waals surface area contributed by atoms with E-state index in [1.54, 1.807) is 0 Å². The molecule has 4 heteroatoms. The van der Waals surface area contributed by atoms with E-state index < -0.39 is 0 Å². The summed E-state index contributed by atoms with van der Waals surface area (Å²) in [4.78, 5) is 14.6. The molecule has 0 radical (unpaired) electrons. The van der Waals surface area contributed by atoms with Crippen LogP contribution in [-0.4, -0.2) is 24.0 Å². The maximum Gasteiger partial charge on any atom is 0.220 e. The van der Waals surface area contributed by atoms with Crippen molar-refractivity contribution in [1.29, 1.82) is 0 Å². The van der Waals surface area contributed by atoms with Crippen LogP contribution in [0.3, 0.4) is 0 Å². The zero-order valence-electron chi connectivity index (χ0n) is 10.2. The van der Waals surface area contributed by atoms with Crippen molar-refractivity contribution in [2.45, 2.75) is 32.1 Å². The van der Waals surface area contributed by atoms with Crippen LogP contribution in [0.5, 0.6) is 0 Å². The number of nitrogens with two attached hydrogens (primary N) is 1. The van der Waals surface area contributed by atoms with Gasteiger partial charge in [0.25, 0.3) is 0 Å². The van der Waals surface area contributed by atoms with E-state index in [0.717, 1.165) is 32.2 Å². The molecule has 0 aromatic carbocycles. The van der Waals surface area contributed by atoms with Crippen LogP contribution in [0.2, 0.25) is 0 Å². The third kappa shape index (κ3) is 3.60. The molecule has 0 saturated heterocycles. The fraction of sp³-hybridized carbons (Fsp3) is 0.615. The highest BCUT2D eigenvalue weighted by Gasteiger charge is 2.41. The molecule has 0 atom stereocenters. The lowest BCUT2D eigenvalue weighted by atomic mass is 10.1. The van der Waals surface area contributed by atoms with E-state index in [1.165, 1.54) is 5.56 Å². The van der Waals surface area contributed by atoms with Gasteiger partial charge in [-0.3, -0.25) is 4.79 Å². The van der Waals surface area contributed by atoms with Gasteiger partial charge in [0.1, 0.15) is 0 Å². The van der Waals surface area contributed by atoms with E-state index in [-0.39, 0.29) is 11.3 Å². The monoisotopic (exact) mass is 235 g/mol. The van der Waals surface area contributed by atoms with Crippen LogP contribution in [0.15, 0.2) is 18.5 Å². The number of amides is 1. The van der Waals surface area contributed by atoms with Gasteiger partial charge in [-0.2, -0.15) is 0 Å². The SMILES string of the molecule is NCC1(CNC(=O)CCCc2cc[nH]c2)CC1. The molecular weight excluding hydrogens is 214 g/mol. The summed E-state index contributed by atoms with van der Waals surface area (Å²) < 4.78 is 0. The lowest BCUT2D eigenvalue weighted by Crippen LogP contribution is -2.33. The van der Waals surface area contributed by atoms with Crippen LogP contribution < -0.4 is 11.1 Å². The normalized spacial score (nSPS) is 16.8. The Morgan fingerprint density at radius 1 is 1.53 bits per heavy atom. The summed E-state index contributed by atoms with van der Waals surface area (Å²) in [5.41, 5.74) is 7.16. The Morgan fingerprint density at radius 2 is 2.35 bits per heavy atom. The molecule has 94 valence electrons. The number of aryl methyl sites for hydroxylation is 1. The number of carbonyl (C=O) groups is 1.